The molecule has 1 N–H and O–H groups in total. The van der Waals surface area contributed by atoms with Crippen LogP contribution >= 0.6 is 28.1 Å². The molecular weight excluding hydrogens is 460 g/mol. The smallest absolute Gasteiger partial charge is 0.173 e. The van der Waals surface area contributed by atoms with Crippen molar-refractivity contribution < 1.29 is 9.90 Å². The molecule has 0 aromatic heterocycles. The van der Waals surface area contributed by atoms with Crippen molar-refractivity contribution in [2.45, 2.75) is 46.1 Å². The molecule has 1 fully saturated rings. The number of halogens is 1. The monoisotopic (exact) mass is 487 g/mol. The zero-order valence-corrected chi connectivity index (χ0v) is 19.9. The van der Waals surface area contributed by atoms with Crippen LogP contribution in [0.2, 0.25) is 0 Å². The number of nitrogens with zero attached hydrogens (tertiary/aromatic N) is 1. The maximum Gasteiger partial charge on any atom is 0.173 e. The maximum absolute atomic E-state index is 11.2. The molecular formula is C24H28BrN2O2S-. The minimum absolute atomic E-state index is 0.306. The van der Waals surface area contributed by atoms with Crippen LogP contribution in [-0.2, 0) is 11.3 Å². The number of anilines is 1. The molecule has 0 atom stereocenters. The molecule has 2 aromatic rings. The molecule has 2 aromatic carbocycles. The SMILES string of the molecule is Cc1ccc(C)c(NC(=S)N(Cc2cccc(Br)c2)CC2CCC(C(=O)[O-])CC2)c1. The molecule has 0 spiro atoms. The van der Waals surface area contributed by atoms with Crippen LogP contribution in [0.25, 0.3) is 0 Å². The second kappa shape index (κ2) is 10.4. The molecule has 1 aliphatic rings. The van der Waals surface area contributed by atoms with Gasteiger partial charge in [0.25, 0.3) is 0 Å². The lowest BCUT2D eigenvalue weighted by Gasteiger charge is -2.34. The number of aliphatic carboxylic acids is 1. The van der Waals surface area contributed by atoms with Gasteiger partial charge in [0, 0.05) is 29.2 Å². The minimum Gasteiger partial charge on any atom is -0.550 e. The number of carbonyl (C=O) groups is 1. The second-order valence-electron chi connectivity index (χ2n) is 8.30. The van der Waals surface area contributed by atoms with E-state index in [1.54, 1.807) is 0 Å². The van der Waals surface area contributed by atoms with E-state index in [4.69, 9.17) is 12.2 Å². The summed E-state index contributed by atoms with van der Waals surface area (Å²) in [4.78, 5) is 13.4. The molecule has 30 heavy (non-hydrogen) atoms. The van der Waals surface area contributed by atoms with Crippen molar-refractivity contribution in [1.29, 1.82) is 0 Å². The zero-order valence-electron chi connectivity index (χ0n) is 17.5. The number of benzene rings is 2. The highest BCUT2D eigenvalue weighted by molar-refractivity contribution is 9.10. The average molecular weight is 488 g/mol. The van der Waals surface area contributed by atoms with Crippen molar-refractivity contribution in [2.75, 3.05) is 11.9 Å². The summed E-state index contributed by atoms with van der Waals surface area (Å²) >= 11 is 9.38. The van der Waals surface area contributed by atoms with Crippen LogP contribution < -0.4 is 10.4 Å². The van der Waals surface area contributed by atoms with Gasteiger partial charge in [-0.2, -0.15) is 0 Å². The summed E-state index contributed by atoms with van der Waals surface area (Å²) in [7, 11) is 0. The number of hydrogen-bond acceptors (Lipinski definition) is 3. The fourth-order valence-electron chi connectivity index (χ4n) is 4.03. The highest BCUT2D eigenvalue weighted by Crippen LogP contribution is 2.30. The number of rotatable bonds is 6. The number of carboxylic acid groups (broad SMARTS) is 1. The van der Waals surface area contributed by atoms with Gasteiger partial charge in [0.05, 0.1) is 0 Å². The molecule has 1 aliphatic carbocycles. The van der Waals surface area contributed by atoms with Crippen molar-refractivity contribution >= 4 is 44.9 Å². The Balaban J connectivity index is 1.74. The van der Waals surface area contributed by atoms with Gasteiger partial charge in [-0.25, -0.2) is 0 Å². The lowest BCUT2D eigenvalue weighted by molar-refractivity contribution is -0.312. The second-order valence-corrected chi connectivity index (χ2v) is 9.60. The number of carboxylic acids is 1. The van der Waals surface area contributed by atoms with Crippen LogP contribution in [0.15, 0.2) is 46.9 Å². The fourth-order valence-corrected chi connectivity index (χ4v) is 4.73. The number of carbonyl (C=O) groups excluding carboxylic acids is 1. The summed E-state index contributed by atoms with van der Waals surface area (Å²) < 4.78 is 1.04. The van der Waals surface area contributed by atoms with E-state index in [0.717, 1.165) is 35.1 Å². The summed E-state index contributed by atoms with van der Waals surface area (Å²) in [5.41, 5.74) is 4.54. The molecule has 0 amide bonds. The maximum atomic E-state index is 11.2. The van der Waals surface area contributed by atoms with Crippen molar-refractivity contribution in [3.05, 3.63) is 63.6 Å². The number of thiocarbonyl (C=S) groups is 1. The molecule has 0 heterocycles. The largest absolute Gasteiger partial charge is 0.550 e. The molecule has 0 aliphatic heterocycles. The van der Waals surface area contributed by atoms with E-state index >= 15 is 0 Å². The molecule has 6 heteroatoms. The van der Waals surface area contributed by atoms with Crippen molar-refractivity contribution in [1.82, 2.24) is 4.90 Å². The summed E-state index contributed by atoms with van der Waals surface area (Å²) in [6, 6.07) is 14.6. The summed E-state index contributed by atoms with van der Waals surface area (Å²) in [5.74, 6) is -0.794. The highest BCUT2D eigenvalue weighted by atomic mass is 79.9. The standard InChI is InChI=1S/C24H29BrN2O2S/c1-16-6-7-17(2)22(12-16)26-24(30)27(15-19-4-3-5-21(25)13-19)14-18-8-10-20(11-9-18)23(28)29/h3-7,12-13,18,20H,8-11,14-15H2,1-2H3,(H,26,30)(H,28,29)/p-1. The van der Waals surface area contributed by atoms with E-state index in [9.17, 15) is 9.90 Å². The first-order valence-electron chi connectivity index (χ1n) is 10.4. The van der Waals surface area contributed by atoms with Gasteiger partial charge in [0.1, 0.15) is 0 Å². The quantitative estimate of drug-likeness (QED) is 0.591. The average Bonchev–Trinajstić information content (AvgIpc) is 2.70. The predicted molar refractivity (Wildman–Crippen MR) is 127 cm³/mol. The van der Waals surface area contributed by atoms with Gasteiger partial charge in [-0.15, -0.1) is 0 Å². The van der Waals surface area contributed by atoms with Gasteiger partial charge < -0.3 is 20.1 Å². The fraction of sp³-hybridized carbons (Fsp3) is 0.417. The zero-order chi connectivity index (χ0) is 21.7. The van der Waals surface area contributed by atoms with E-state index in [1.807, 2.05) is 12.1 Å². The Bertz CT molecular complexity index is 910. The Morgan fingerprint density at radius 3 is 2.57 bits per heavy atom. The summed E-state index contributed by atoms with van der Waals surface area (Å²) in [6.07, 6.45) is 3.16. The molecule has 0 unspecified atom stereocenters. The van der Waals surface area contributed by atoms with Crippen LogP contribution in [0.4, 0.5) is 5.69 Å². The Morgan fingerprint density at radius 1 is 1.17 bits per heavy atom. The van der Waals surface area contributed by atoms with Gasteiger partial charge >= 0.3 is 0 Å². The van der Waals surface area contributed by atoms with Gasteiger partial charge in [-0.3, -0.25) is 0 Å². The highest BCUT2D eigenvalue weighted by Gasteiger charge is 2.25. The third kappa shape index (κ3) is 6.29. The van der Waals surface area contributed by atoms with Crippen molar-refractivity contribution in [3.63, 3.8) is 0 Å². The summed E-state index contributed by atoms with van der Waals surface area (Å²) in [5, 5.41) is 15.3. The lowest BCUT2D eigenvalue weighted by atomic mass is 9.82. The van der Waals surface area contributed by atoms with E-state index < -0.39 is 5.97 Å². The molecule has 4 nitrogen and oxygen atoms in total. The first-order chi connectivity index (χ1) is 14.3. The van der Waals surface area contributed by atoms with Crippen LogP contribution in [0.3, 0.4) is 0 Å². The number of nitrogens with one attached hydrogen (secondary N) is 1. The lowest BCUT2D eigenvalue weighted by Crippen LogP contribution is -2.40. The summed E-state index contributed by atoms with van der Waals surface area (Å²) in [6.45, 7) is 5.66. The van der Waals surface area contributed by atoms with Crippen LogP contribution in [0.1, 0.15) is 42.4 Å². The minimum atomic E-state index is -0.911. The van der Waals surface area contributed by atoms with E-state index in [-0.39, 0.29) is 5.92 Å². The van der Waals surface area contributed by atoms with Crippen molar-refractivity contribution in [2.24, 2.45) is 11.8 Å². The predicted octanol–water partition coefficient (Wildman–Crippen LogP) is 4.82. The Morgan fingerprint density at radius 2 is 1.90 bits per heavy atom. The third-order valence-electron chi connectivity index (χ3n) is 5.84. The Labute approximate surface area is 192 Å². The molecule has 0 radical (unpaired) electrons. The van der Waals surface area contributed by atoms with Crippen LogP contribution in [0.5, 0.6) is 0 Å². The molecule has 160 valence electrons. The van der Waals surface area contributed by atoms with Crippen molar-refractivity contribution in [3.8, 4) is 0 Å². The van der Waals surface area contributed by atoms with Gasteiger partial charge in [0.15, 0.2) is 5.11 Å². The molecule has 0 saturated heterocycles. The Kier molecular flexibility index (Phi) is 7.89. The van der Waals surface area contributed by atoms with Gasteiger partial charge in [0.2, 0.25) is 0 Å². The number of aryl methyl sites for hydroxylation is 2. The van der Waals surface area contributed by atoms with Gasteiger partial charge in [-0.05, 0) is 98.5 Å². The number of hydrogen-bond donors (Lipinski definition) is 1. The molecule has 3 rings (SSSR count). The first-order valence-corrected chi connectivity index (χ1v) is 11.6. The molecule has 1 saturated carbocycles. The van der Waals surface area contributed by atoms with Crippen LogP contribution in [0, 0.1) is 25.7 Å². The van der Waals surface area contributed by atoms with Gasteiger partial charge in [-0.1, -0.05) is 40.2 Å². The van der Waals surface area contributed by atoms with E-state index in [1.165, 1.54) is 11.1 Å². The van der Waals surface area contributed by atoms with E-state index in [0.29, 0.717) is 30.4 Å². The van der Waals surface area contributed by atoms with E-state index in [2.05, 4.69) is 70.3 Å². The Hall–Kier alpha value is -1.92. The topological polar surface area (TPSA) is 55.4 Å². The normalized spacial score (nSPS) is 18.6. The molecule has 0 bridgehead atoms. The first kappa shape index (κ1) is 22.8. The third-order valence-corrected chi connectivity index (χ3v) is 6.70. The van der Waals surface area contributed by atoms with Crippen LogP contribution in [-0.4, -0.2) is 22.5 Å².